The predicted molar refractivity (Wildman–Crippen MR) is 71.7 cm³/mol. The molecule has 1 aromatic carbocycles. The van der Waals surface area contributed by atoms with Crippen LogP contribution in [0.1, 0.15) is 35.7 Å². The highest BCUT2D eigenvalue weighted by Crippen LogP contribution is 2.19. The van der Waals surface area contributed by atoms with Crippen LogP contribution in [0.4, 0.5) is 10.2 Å². The van der Waals surface area contributed by atoms with Gasteiger partial charge >= 0.3 is 0 Å². The highest BCUT2D eigenvalue weighted by molar-refractivity contribution is 6.04. The summed E-state index contributed by atoms with van der Waals surface area (Å²) in [6, 6.07) is 6.25. The van der Waals surface area contributed by atoms with E-state index in [2.05, 4.69) is 10.4 Å². The SMILES string of the molecule is CC(C)c1ccc(F)c(C(=O)Nc2ccn(C)n2)c1. The summed E-state index contributed by atoms with van der Waals surface area (Å²) in [5, 5.41) is 6.60. The van der Waals surface area contributed by atoms with E-state index in [9.17, 15) is 9.18 Å². The Kier molecular flexibility index (Phi) is 3.64. The number of carbonyl (C=O) groups is 1. The number of nitrogens with zero attached hydrogens (tertiary/aromatic N) is 2. The normalized spacial score (nSPS) is 10.8. The summed E-state index contributed by atoms with van der Waals surface area (Å²) in [5.41, 5.74) is 0.962. The summed E-state index contributed by atoms with van der Waals surface area (Å²) in [5.74, 6) is -0.375. The molecule has 5 heteroatoms. The third kappa shape index (κ3) is 2.99. The molecule has 1 amide bonds. The van der Waals surface area contributed by atoms with Crippen molar-refractivity contribution >= 4 is 11.7 Å². The van der Waals surface area contributed by atoms with Crippen LogP contribution in [0.25, 0.3) is 0 Å². The van der Waals surface area contributed by atoms with Gasteiger partial charge in [-0.3, -0.25) is 9.48 Å². The van der Waals surface area contributed by atoms with Gasteiger partial charge in [0, 0.05) is 19.3 Å². The van der Waals surface area contributed by atoms with E-state index in [-0.39, 0.29) is 11.5 Å². The first kappa shape index (κ1) is 13.3. The van der Waals surface area contributed by atoms with E-state index in [0.717, 1.165) is 5.56 Å². The fraction of sp³-hybridized carbons (Fsp3) is 0.286. The number of aromatic nitrogens is 2. The first-order chi connectivity index (χ1) is 8.97. The van der Waals surface area contributed by atoms with Crippen molar-refractivity contribution in [3.8, 4) is 0 Å². The molecule has 0 fully saturated rings. The summed E-state index contributed by atoms with van der Waals surface area (Å²) < 4.78 is 15.3. The molecule has 19 heavy (non-hydrogen) atoms. The molecule has 0 aliphatic rings. The van der Waals surface area contributed by atoms with Gasteiger partial charge in [-0.25, -0.2) is 4.39 Å². The van der Waals surface area contributed by atoms with E-state index in [1.807, 2.05) is 13.8 Å². The van der Waals surface area contributed by atoms with Crippen molar-refractivity contribution in [1.29, 1.82) is 0 Å². The van der Waals surface area contributed by atoms with E-state index < -0.39 is 11.7 Å². The Morgan fingerprint density at radius 1 is 1.37 bits per heavy atom. The molecule has 100 valence electrons. The zero-order valence-corrected chi connectivity index (χ0v) is 11.1. The van der Waals surface area contributed by atoms with Crippen LogP contribution in [0.3, 0.4) is 0 Å². The van der Waals surface area contributed by atoms with Crippen LogP contribution >= 0.6 is 0 Å². The van der Waals surface area contributed by atoms with Gasteiger partial charge in [-0.05, 0) is 23.6 Å². The van der Waals surface area contributed by atoms with Crippen LogP contribution in [0.2, 0.25) is 0 Å². The second-order valence-electron chi connectivity index (χ2n) is 4.72. The zero-order chi connectivity index (χ0) is 14.0. The van der Waals surface area contributed by atoms with Crippen LogP contribution < -0.4 is 5.32 Å². The average Bonchev–Trinajstić information content (AvgIpc) is 2.74. The number of rotatable bonds is 3. The fourth-order valence-electron chi connectivity index (χ4n) is 1.74. The Morgan fingerprint density at radius 2 is 2.11 bits per heavy atom. The van der Waals surface area contributed by atoms with Gasteiger partial charge in [0.15, 0.2) is 5.82 Å². The molecule has 1 N–H and O–H groups in total. The van der Waals surface area contributed by atoms with Crippen molar-refractivity contribution in [3.05, 3.63) is 47.4 Å². The lowest BCUT2D eigenvalue weighted by molar-refractivity contribution is 0.102. The molecular weight excluding hydrogens is 245 g/mol. The summed E-state index contributed by atoms with van der Waals surface area (Å²) in [7, 11) is 1.75. The monoisotopic (exact) mass is 261 g/mol. The summed E-state index contributed by atoms with van der Waals surface area (Å²) >= 11 is 0. The molecule has 2 rings (SSSR count). The van der Waals surface area contributed by atoms with Crippen LogP contribution in [-0.4, -0.2) is 15.7 Å². The van der Waals surface area contributed by atoms with Crippen LogP contribution in [0, 0.1) is 5.82 Å². The number of halogens is 1. The summed E-state index contributed by atoms with van der Waals surface area (Å²) in [6.07, 6.45) is 1.70. The van der Waals surface area contributed by atoms with E-state index in [0.29, 0.717) is 5.82 Å². The van der Waals surface area contributed by atoms with Gasteiger partial charge in [-0.1, -0.05) is 19.9 Å². The van der Waals surface area contributed by atoms with E-state index in [4.69, 9.17) is 0 Å². The number of hydrogen-bond donors (Lipinski definition) is 1. The minimum absolute atomic E-state index is 0.0388. The van der Waals surface area contributed by atoms with Crippen LogP contribution in [0.15, 0.2) is 30.5 Å². The molecule has 0 bridgehead atoms. The van der Waals surface area contributed by atoms with Crippen LogP contribution in [0.5, 0.6) is 0 Å². The summed E-state index contributed by atoms with van der Waals surface area (Å²) in [6.45, 7) is 3.99. The molecular formula is C14H16FN3O. The Balaban J connectivity index is 2.25. The van der Waals surface area contributed by atoms with E-state index in [1.165, 1.54) is 6.07 Å². The topological polar surface area (TPSA) is 46.9 Å². The molecule has 0 radical (unpaired) electrons. The molecule has 1 aromatic heterocycles. The molecule has 1 heterocycles. The third-order valence-corrected chi connectivity index (χ3v) is 2.86. The van der Waals surface area contributed by atoms with Gasteiger partial charge in [0.1, 0.15) is 5.82 Å². The van der Waals surface area contributed by atoms with Gasteiger partial charge in [-0.15, -0.1) is 0 Å². The number of nitrogens with one attached hydrogen (secondary N) is 1. The average molecular weight is 261 g/mol. The molecule has 4 nitrogen and oxygen atoms in total. The van der Waals surface area contributed by atoms with Gasteiger partial charge < -0.3 is 5.32 Å². The number of hydrogen-bond acceptors (Lipinski definition) is 2. The molecule has 0 atom stereocenters. The van der Waals surface area contributed by atoms with Gasteiger partial charge in [0.05, 0.1) is 5.56 Å². The minimum Gasteiger partial charge on any atom is -0.305 e. The lowest BCUT2D eigenvalue weighted by atomic mass is 10.0. The Morgan fingerprint density at radius 3 is 2.68 bits per heavy atom. The highest BCUT2D eigenvalue weighted by atomic mass is 19.1. The van der Waals surface area contributed by atoms with Crippen molar-refractivity contribution in [3.63, 3.8) is 0 Å². The molecule has 0 aliphatic heterocycles. The number of amides is 1. The number of carbonyl (C=O) groups excluding carboxylic acids is 1. The maximum atomic E-state index is 13.7. The fourth-order valence-corrected chi connectivity index (χ4v) is 1.74. The first-order valence-electron chi connectivity index (χ1n) is 6.08. The lowest BCUT2D eigenvalue weighted by Crippen LogP contribution is -2.15. The van der Waals surface area contributed by atoms with Crippen molar-refractivity contribution < 1.29 is 9.18 Å². The maximum absolute atomic E-state index is 13.7. The van der Waals surface area contributed by atoms with Crippen molar-refractivity contribution in [2.75, 3.05) is 5.32 Å². The van der Waals surface area contributed by atoms with E-state index in [1.54, 1.807) is 36.1 Å². The Labute approximate surface area is 111 Å². The van der Waals surface area contributed by atoms with E-state index >= 15 is 0 Å². The molecule has 0 aliphatic carbocycles. The largest absolute Gasteiger partial charge is 0.305 e. The molecule has 0 saturated carbocycles. The second-order valence-corrected chi connectivity index (χ2v) is 4.72. The van der Waals surface area contributed by atoms with Crippen LogP contribution in [-0.2, 0) is 7.05 Å². The quantitative estimate of drug-likeness (QED) is 0.923. The number of aryl methyl sites for hydroxylation is 1. The predicted octanol–water partition coefficient (Wildman–Crippen LogP) is 2.93. The molecule has 2 aromatic rings. The van der Waals surface area contributed by atoms with Crippen molar-refractivity contribution in [2.24, 2.45) is 7.05 Å². The smallest absolute Gasteiger partial charge is 0.259 e. The van der Waals surface area contributed by atoms with Gasteiger partial charge in [-0.2, -0.15) is 5.10 Å². The summed E-state index contributed by atoms with van der Waals surface area (Å²) in [4.78, 5) is 12.0. The maximum Gasteiger partial charge on any atom is 0.259 e. The number of anilines is 1. The zero-order valence-electron chi connectivity index (χ0n) is 11.1. The Bertz CT molecular complexity index is 604. The van der Waals surface area contributed by atoms with Crippen molar-refractivity contribution in [2.45, 2.75) is 19.8 Å². The highest BCUT2D eigenvalue weighted by Gasteiger charge is 2.14. The molecule has 0 unspecified atom stereocenters. The minimum atomic E-state index is -0.530. The molecule has 0 spiro atoms. The standard InChI is InChI=1S/C14H16FN3O/c1-9(2)10-4-5-12(15)11(8-10)14(19)16-13-6-7-18(3)17-13/h4-9H,1-3H3,(H,16,17,19). The second kappa shape index (κ2) is 5.22. The molecule has 0 saturated heterocycles. The van der Waals surface area contributed by atoms with Crippen molar-refractivity contribution in [1.82, 2.24) is 9.78 Å². The van der Waals surface area contributed by atoms with Gasteiger partial charge in [0.25, 0.3) is 5.91 Å². The Hall–Kier alpha value is -2.17. The number of benzene rings is 1. The third-order valence-electron chi connectivity index (χ3n) is 2.86. The lowest BCUT2D eigenvalue weighted by Gasteiger charge is -2.09. The van der Waals surface area contributed by atoms with Gasteiger partial charge in [0.2, 0.25) is 0 Å². The first-order valence-corrected chi connectivity index (χ1v) is 6.08.